The van der Waals surface area contributed by atoms with Crippen molar-refractivity contribution in [3.8, 4) is 0 Å². The summed E-state index contributed by atoms with van der Waals surface area (Å²) in [5.41, 5.74) is 1.87. The summed E-state index contributed by atoms with van der Waals surface area (Å²) in [4.78, 5) is 43.5. The molecule has 2 N–H and O–H groups in total. The van der Waals surface area contributed by atoms with E-state index in [1.54, 1.807) is 0 Å². The van der Waals surface area contributed by atoms with Crippen LogP contribution in [0.5, 0.6) is 0 Å². The van der Waals surface area contributed by atoms with Gasteiger partial charge in [0.2, 0.25) is 5.91 Å². The zero-order valence-corrected chi connectivity index (χ0v) is 37.9. The van der Waals surface area contributed by atoms with Crippen LogP contribution in [0, 0.1) is 0 Å². The van der Waals surface area contributed by atoms with Crippen LogP contribution in [0.2, 0.25) is 22.3 Å². The van der Waals surface area contributed by atoms with E-state index in [1.165, 1.54) is 12.8 Å². The molecule has 14 heteroatoms. The van der Waals surface area contributed by atoms with Crippen LogP contribution in [0.4, 0.5) is 0 Å². The van der Waals surface area contributed by atoms with Gasteiger partial charge in [-0.15, -0.1) is 5.10 Å². The van der Waals surface area contributed by atoms with Gasteiger partial charge >= 0.3 is 165 Å². The van der Waals surface area contributed by atoms with Crippen molar-refractivity contribution in [1.29, 1.82) is 0 Å². The molecule has 52 heavy (non-hydrogen) atoms. The van der Waals surface area contributed by atoms with Crippen molar-refractivity contribution in [1.82, 2.24) is 40.6 Å². The number of aryl methyl sites for hydroxylation is 2. The average Bonchev–Trinajstić information content (AvgIpc) is 3.80. The third-order valence-corrected chi connectivity index (χ3v) is 9.34. The molecule has 0 atom stereocenters. The van der Waals surface area contributed by atoms with E-state index in [-0.39, 0.29) is 11.8 Å². The first-order valence-electron chi connectivity index (χ1n) is 19.4. The van der Waals surface area contributed by atoms with Crippen molar-refractivity contribution in [2.75, 3.05) is 13.1 Å². The van der Waals surface area contributed by atoms with Crippen LogP contribution >= 0.6 is 0 Å². The van der Waals surface area contributed by atoms with Crippen LogP contribution in [-0.2, 0) is 45.1 Å². The number of ketones is 2. The molecular formula is C38H74N8O4Se2. The summed E-state index contributed by atoms with van der Waals surface area (Å²) in [6, 6.07) is 0. The number of amides is 2. The Morgan fingerprint density at radius 3 is 1.38 bits per heavy atom. The molecule has 0 spiro atoms. The predicted molar refractivity (Wildman–Crippen MR) is 217 cm³/mol. The third-order valence-electron chi connectivity index (χ3n) is 6.90. The van der Waals surface area contributed by atoms with E-state index in [2.05, 4.69) is 84.4 Å². The first kappa shape index (κ1) is 53.9. The Hall–Kier alpha value is -2.40. The van der Waals surface area contributed by atoms with Crippen molar-refractivity contribution < 1.29 is 19.2 Å². The second kappa shape index (κ2) is 41.4. The molecule has 0 saturated carbocycles. The Kier molecular flexibility index (Phi) is 42.9. The topological polar surface area (TPSA) is 154 Å². The van der Waals surface area contributed by atoms with Gasteiger partial charge in [-0.3, -0.25) is 14.3 Å². The zero-order valence-electron chi connectivity index (χ0n) is 34.4. The van der Waals surface area contributed by atoms with Gasteiger partial charge in [-0.2, -0.15) is 0 Å². The maximum atomic E-state index is 11.2. The molecule has 2 heterocycles. The van der Waals surface area contributed by atoms with Crippen molar-refractivity contribution in [2.24, 2.45) is 0 Å². The van der Waals surface area contributed by atoms with Gasteiger partial charge < -0.3 is 5.32 Å². The Morgan fingerprint density at radius 2 is 1.02 bits per heavy atom. The first-order chi connectivity index (χ1) is 25.0. The molecule has 2 aromatic heterocycles. The third kappa shape index (κ3) is 37.4. The zero-order chi connectivity index (χ0) is 39.8. The van der Waals surface area contributed by atoms with E-state index in [0.29, 0.717) is 72.7 Å². The Labute approximate surface area is 329 Å². The van der Waals surface area contributed by atoms with Crippen molar-refractivity contribution in [3.05, 3.63) is 23.8 Å². The standard InChI is InChI=1S/C10H18N4OSe.C10H18N4O.C7H14OSe.C7H14O.C4H10/c1-3-6-14-7-9(12-13-14)4-5-11-10(15)8-16-2;1-3-7-14-8-9(12-13-14)5-6-11-10(15)4-2;1-3-4-5-7(8)6-9-2;1-3-5-6-7(8)4-2;1-3-4-2/h7H,3-6,8H2,1-2H3,(H,11,15);8H,3-7H2,1-2H3,(H,11,15);3-6H2,1-2H3;3-6H2,1-2H3;3-4H2,1-2H3. The van der Waals surface area contributed by atoms with Gasteiger partial charge in [-0.25, -0.2) is 0 Å². The van der Waals surface area contributed by atoms with E-state index >= 15 is 0 Å². The van der Waals surface area contributed by atoms with Crippen LogP contribution in [0.1, 0.15) is 144 Å². The molecule has 2 rings (SSSR count). The molecular weight excluding hydrogens is 790 g/mol. The Morgan fingerprint density at radius 1 is 0.577 bits per heavy atom. The molecule has 0 unspecified atom stereocenters. The molecule has 2 amide bonds. The number of nitrogens with one attached hydrogen (secondary N) is 2. The monoisotopic (exact) mass is 866 g/mol. The molecule has 0 bridgehead atoms. The summed E-state index contributed by atoms with van der Waals surface area (Å²) in [6.07, 6.45) is 17.4. The predicted octanol–water partition coefficient (Wildman–Crippen LogP) is 7.15. The molecule has 12 nitrogen and oxygen atoms in total. The van der Waals surface area contributed by atoms with Crippen molar-refractivity contribution in [3.63, 3.8) is 0 Å². The van der Waals surface area contributed by atoms with Gasteiger partial charge in [0, 0.05) is 45.0 Å². The number of aromatic nitrogens is 6. The minimum absolute atomic E-state index is 0.0796. The second-order valence-electron chi connectivity index (χ2n) is 12.0. The Balaban J connectivity index is -0.000000616. The number of nitrogens with zero attached hydrogens (tertiary/aromatic N) is 6. The SMILES string of the molecule is CCCC.CCCCC(=O)CC.CCCCC(=O)C[Se]C.CCCn1cc(CCNC(=O)CC)nn1.CCCn1cc(CCNC(=O)C[Se]C)nn1. The molecule has 0 aliphatic heterocycles. The summed E-state index contributed by atoms with van der Waals surface area (Å²) in [5.74, 6) is 5.24. The van der Waals surface area contributed by atoms with Crippen molar-refractivity contribution in [2.45, 2.75) is 181 Å². The molecule has 0 aromatic carbocycles. The van der Waals surface area contributed by atoms with E-state index in [9.17, 15) is 19.2 Å². The van der Waals surface area contributed by atoms with Gasteiger partial charge in [-0.05, 0) is 12.8 Å². The molecule has 2 aromatic rings. The molecule has 0 aliphatic rings. The van der Waals surface area contributed by atoms with Gasteiger partial charge in [-0.1, -0.05) is 66.0 Å². The number of carbonyl (C=O) groups is 4. The van der Waals surface area contributed by atoms with Crippen LogP contribution in [-0.4, -0.2) is 96.4 Å². The number of unbranched alkanes of at least 4 members (excludes halogenated alkanes) is 3. The Bertz CT molecular complexity index is 1130. The number of rotatable bonds is 23. The molecule has 0 aliphatic carbocycles. The normalized spacial score (nSPS) is 9.81. The van der Waals surface area contributed by atoms with E-state index in [0.717, 1.165) is 94.0 Å². The van der Waals surface area contributed by atoms with E-state index < -0.39 is 0 Å². The minimum atomic E-state index is 0.0796. The van der Waals surface area contributed by atoms with Crippen LogP contribution in [0.3, 0.4) is 0 Å². The van der Waals surface area contributed by atoms with E-state index in [1.807, 2.05) is 35.6 Å². The summed E-state index contributed by atoms with van der Waals surface area (Å²) in [5, 5.41) is 23.2. The maximum absolute atomic E-state index is 11.2. The van der Waals surface area contributed by atoms with Gasteiger partial charge in [0.25, 0.3) is 0 Å². The summed E-state index contributed by atoms with van der Waals surface area (Å²) < 4.78 is 3.67. The fourth-order valence-electron chi connectivity index (χ4n) is 3.71. The first-order valence-corrected chi connectivity index (χ1v) is 25.2. The molecule has 302 valence electrons. The molecule has 0 fully saturated rings. The number of carbonyl (C=O) groups excluding carboxylic acids is 4. The second-order valence-corrected chi connectivity index (χ2v) is 15.6. The number of hydrogen-bond acceptors (Lipinski definition) is 8. The molecule has 0 radical (unpaired) electrons. The van der Waals surface area contributed by atoms with Gasteiger partial charge in [0.05, 0.1) is 5.69 Å². The van der Waals surface area contributed by atoms with Crippen LogP contribution in [0.25, 0.3) is 0 Å². The fraction of sp³-hybridized carbons (Fsp3) is 0.789. The summed E-state index contributed by atoms with van der Waals surface area (Å²) in [6.45, 7) is 19.6. The van der Waals surface area contributed by atoms with Crippen LogP contribution < -0.4 is 10.6 Å². The quantitative estimate of drug-likeness (QED) is 0.112. The number of hydrogen-bond donors (Lipinski definition) is 2. The molecule has 0 saturated heterocycles. The van der Waals surface area contributed by atoms with Gasteiger partial charge in [0.1, 0.15) is 5.78 Å². The number of Topliss-reactive ketones (excluding diaryl/α,β-unsaturated/α-hetero) is 2. The van der Waals surface area contributed by atoms with Crippen molar-refractivity contribution >= 4 is 53.3 Å². The van der Waals surface area contributed by atoms with Gasteiger partial charge in [0.15, 0.2) is 0 Å². The average molecular weight is 865 g/mol. The summed E-state index contributed by atoms with van der Waals surface area (Å²) >= 11 is 0.958. The fourth-order valence-corrected chi connectivity index (χ4v) is 5.45. The van der Waals surface area contributed by atoms with Crippen LogP contribution in [0.15, 0.2) is 12.4 Å². The summed E-state index contributed by atoms with van der Waals surface area (Å²) in [7, 11) is 0. The van der Waals surface area contributed by atoms with E-state index in [4.69, 9.17) is 0 Å².